The Labute approximate surface area is 182 Å². The fourth-order valence-corrected chi connectivity index (χ4v) is 3.03. The summed E-state index contributed by atoms with van der Waals surface area (Å²) in [6, 6.07) is 23.0. The van der Waals surface area contributed by atoms with Gasteiger partial charge in [0, 0.05) is 11.1 Å². The predicted molar refractivity (Wildman–Crippen MR) is 119 cm³/mol. The van der Waals surface area contributed by atoms with Crippen molar-refractivity contribution in [3.8, 4) is 11.5 Å². The molecule has 2 amide bonds. The van der Waals surface area contributed by atoms with Gasteiger partial charge >= 0.3 is 0 Å². The highest BCUT2D eigenvalue weighted by atomic mass is 16.5. The van der Waals surface area contributed by atoms with Gasteiger partial charge in [-0.3, -0.25) is 9.59 Å². The molecule has 160 valence electrons. The van der Waals surface area contributed by atoms with Gasteiger partial charge < -0.3 is 20.1 Å². The zero-order valence-electron chi connectivity index (χ0n) is 17.8. The molecule has 6 heteroatoms. The van der Waals surface area contributed by atoms with E-state index in [-0.39, 0.29) is 17.9 Å². The van der Waals surface area contributed by atoms with Crippen molar-refractivity contribution >= 4 is 11.8 Å². The number of ether oxygens (including phenoxy) is 2. The molecule has 3 aromatic rings. The summed E-state index contributed by atoms with van der Waals surface area (Å²) in [5.41, 5.74) is 1.65. The van der Waals surface area contributed by atoms with E-state index in [0.29, 0.717) is 28.2 Å². The summed E-state index contributed by atoms with van der Waals surface area (Å²) < 4.78 is 11.2. The number of rotatable bonds is 8. The van der Waals surface area contributed by atoms with Crippen molar-refractivity contribution in [2.24, 2.45) is 0 Å². The molecule has 0 heterocycles. The van der Waals surface area contributed by atoms with E-state index in [1.807, 2.05) is 26.0 Å². The molecule has 0 saturated carbocycles. The number of nitrogens with one attached hydrogen (secondary N) is 2. The van der Waals surface area contributed by atoms with Gasteiger partial charge in [-0.05, 0) is 55.8 Å². The molecule has 31 heavy (non-hydrogen) atoms. The molecular weight excluding hydrogens is 392 g/mol. The minimum absolute atomic E-state index is 0.0691. The first-order chi connectivity index (χ1) is 15.0. The van der Waals surface area contributed by atoms with Gasteiger partial charge in [0.05, 0.1) is 13.2 Å². The molecule has 3 rings (SSSR count). The maximum atomic E-state index is 12.8. The molecular formula is C25H26N2O4. The first-order valence-corrected chi connectivity index (χ1v) is 10.0. The van der Waals surface area contributed by atoms with Crippen LogP contribution < -0.4 is 20.1 Å². The summed E-state index contributed by atoms with van der Waals surface area (Å²) >= 11 is 0. The van der Waals surface area contributed by atoms with Crippen LogP contribution in [0.5, 0.6) is 11.5 Å². The number of hydrogen-bond donors (Lipinski definition) is 2. The van der Waals surface area contributed by atoms with Gasteiger partial charge in [-0.1, -0.05) is 42.5 Å². The fourth-order valence-electron chi connectivity index (χ4n) is 3.03. The minimum Gasteiger partial charge on any atom is -0.493 e. The molecule has 6 nitrogen and oxygen atoms in total. The Morgan fingerprint density at radius 2 is 1.26 bits per heavy atom. The smallest absolute Gasteiger partial charge is 0.253 e. The van der Waals surface area contributed by atoms with E-state index in [2.05, 4.69) is 10.6 Å². The summed E-state index contributed by atoms with van der Waals surface area (Å²) in [5, 5.41) is 5.80. The minimum atomic E-state index is -0.777. The van der Waals surface area contributed by atoms with Crippen LogP contribution in [-0.4, -0.2) is 25.0 Å². The van der Waals surface area contributed by atoms with Gasteiger partial charge in [0.2, 0.25) is 0 Å². The summed E-state index contributed by atoms with van der Waals surface area (Å²) in [7, 11) is 1.56. The predicted octanol–water partition coefficient (Wildman–Crippen LogP) is 4.34. The third-order valence-corrected chi connectivity index (χ3v) is 4.51. The van der Waals surface area contributed by atoms with Crippen molar-refractivity contribution in [1.82, 2.24) is 10.6 Å². The van der Waals surface area contributed by atoms with Crippen molar-refractivity contribution in [3.05, 3.63) is 95.6 Å². The molecule has 0 aliphatic rings. The Bertz CT molecular complexity index is 967. The molecule has 0 aliphatic heterocycles. The zero-order valence-corrected chi connectivity index (χ0v) is 17.8. The topological polar surface area (TPSA) is 76.7 Å². The van der Waals surface area contributed by atoms with Crippen LogP contribution in [0.1, 0.15) is 46.3 Å². The van der Waals surface area contributed by atoms with Crippen molar-refractivity contribution in [1.29, 1.82) is 0 Å². The Hall–Kier alpha value is -3.80. The van der Waals surface area contributed by atoms with Gasteiger partial charge in [0.15, 0.2) is 11.5 Å². The lowest BCUT2D eigenvalue weighted by molar-refractivity contribution is 0.0883. The van der Waals surface area contributed by atoms with Crippen molar-refractivity contribution < 1.29 is 19.1 Å². The number of methoxy groups -OCH3 is 1. The number of amides is 2. The number of hydrogen-bond acceptors (Lipinski definition) is 4. The van der Waals surface area contributed by atoms with Crippen molar-refractivity contribution in [3.63, 3.8) is 0 Å². The van der Waals surface area contributed by atoms with E-state index in [9.17, 15) is 9.59 Å². The van der Waals surface area contributed by atoms with Gasteiger partial charge in [0.25, 0.3) is 11.8 Å². The van der Waals surface area contributed by atoms with Crippen LogP contribution >= 0.6 is 0 Å². The number of carbonyl (C=O) groups is 2. The SMILES string of the molecule is COc1ccc(C(NC(=O)c2ccccc2)NC(=O)c2ccccc2)cc1OC(C)C. The number of benzene rings is 3. The van der Waals surface area contributed by atoms with Crippen LogP contribution in [-0.2, 0) is 0 Å². The first-order valence-electron chi connectivity index (χ1n) is 10.0. The fraction of sp³-hybridized carbons (Fsp3) is 0.200. The Morgan fingerprint density at radius 3 is 1.71 bits per heavy atom. The molecule has 3 aromatic carbocycles. The van der Waals surface area contributed by atoms with E-state index in [1.165, 1.54) is 0 Å². The van der Waals surface area contributed by atoms with Gasteiger partial charge in [0.1, 0.15) is 6.17 Å². The second-order valence-electron chi connectivity index (χ2n) is 7.19. The van der Waals surface area contributed by atoms with Crippen LogP contribution in [0.3, 0.4) is 0 Å². The standard InChI is InChI=1S/C25H26N2O4/c1-17(2)31-22-16-20(14-15-21(22)30-3)23(26-24(28)18-10-6-4-7-11-18)27-25(29)19-12-8-5-9-13-19/h4-17,23H,1-3H3,(H,26,28)(H,27,29). The molecule has 0 unspecified atom stereocenters. The van der Waals surface area contributed by atoms with E-state index in [0.717, 1.165) is 0 Å². The molecule has 0 bridgehead atoms. The van der Waals surface area contributed by atoms with E-state index >= 15 is 0 Å². The van der Waals surface area contributed by atoms with E-state index in [1.54, 1.807) is 73.8 Å². The normalized spacial score (nSPS) is 10.6. The lowest BCUT2D eigenvalue weighted by atomic mass is 10.1. The maximum Gasteiger partial charge on any atom is 0.253 e. The molecule has 2 N–H and O–H groups in total. The van der Waals surface area contributed by atoms with Crippen LogP contribution in [0.25, 0.3) is 0 Å². The van der Waals surface area contributed by atoms with Crippen molar-refractivity contribution in [2.75, 3.05) is 7.11 Å². The third-order valence-electron chi connectivity index (χ3n) is 4.51. The average Bonchev–Trinajstić information content (AvgIpc) is 2.79. The maximum absolute atomic E-state index is 12.8. The highest BCUT2D eigenvalue weighted by Crippen LogP contribution is 2.31. The molecule has 0 atom stereocenters. The molecule has 0 saturated heterocycles. The first kappa shape index (κ1) is 21.9. The average molecular weight is 418 g/mol. The summed E-state index contributed by atoms with van der Waals surface area (Å²) in [6.07, 6.45) is -0.846. The molecule has 0 radical (unpaired) electrons. The molecule has 0 fully saturated rings. The second kappa shape index (κ2) is 10.3. The summed E-state index contributed by atoms with van der Waals surface area (Å²) in [6.45, 7) is 3.83. The van der Waals surface area contributed by atoms with Crippen molar-refractivity contribution in [2.45, 2.75) is 26.1 Å². The van der Waals surface area contributed by atoms with Crippen LogP contribution in [0.15, 0.2) is 78.9 Å². The highest BCUT2D eigenvalue weighted by molar-refractivity contribution is 5.96. The lowest BCUT2D eigenvalue weighted by Gasteiger charge is -2.23. The van der Waals surface area contributed by atoms with Gasteiger partial charge in [-0.2, -0.15) is 0 Å². The van der Waals surface area contributed by atoms with E-state index < -0.39 is 6.17 Å². The summed E-state index contributed by atoms with van der Waals surface area (Å²) in [5.74, 6) is 0.491. The van der Waals surface area contributed by atoms with Crippen LogP contribution in [0.4, 0.5) is 0 Å². The third kappa shape index (κ3) is 5.85. The van der Waals surface area contributed by atoms with Gasteiger partial charge in [-0.15, -0.1) is 0 Å². The number of carbonyl (C=O) groups excluding carboxylic acids is 2. The Balaban J connectivity index is 1.93. The Morgan fingerprint density at radius 1 is 0.742 bits per heavy atom. The highest BCUT2D eigenvalue weighted by Gasteiger charge is 2.21. The lowest BCUT2D eigenvalue weighted by Crippen LogP contribution is -2.41. The van der Waals surface area contributed by atoms with E-state index in [4.69, 9.17) is 9.47 Å². The summed E-state index contributed by atoms with van der Waals surface area (Å²) in [4.78, 5) is 25.6. The molecule has 0 spiro atoms. The van der Waals surface area contributed by atoms with Crippen LogP contribution in [0.2, 0.25) is 0 Å². The monoisotopic (exact) mass is 418 g/mol. The van der Waals surface area contributed by atoms with Gasteiger partial charge in [-0.25, -0.2) is 0 Å². The molecule has 0 aliphatic carbocycles. The second-order valence-corrected chi connectivity index (χ2v) is 7.19. The molecule has 0 aromatic heterocycles. The van der Waals surface area contributed by atoms with Crippen LogP contribution in [0, 0.1) is 0 Å². The zero-order chi connectivity index (χ0) is 22.2. The quantitative estimate of drug-likeness (QED) is 0.534. The largest absolute Gasteiger partial charge is 0.493 e. The Kier molecular flexibility index (Phi) is 7.27.